The lowest BCUT2D eigenvalue weighted by molar-refractivity contribution is 0.102. The van der Waals surface area contributed by atoms with Crippen molar-refractivity contribution in [3.8, 4) is 10.6 Å². The second-order valence-electron chi connectivity index (χ2n) is 5.50. The number of carbonyl (C=O) groups excluding carboxylic acids is 1. The Labute approximate surface area is 157 Å². The number of aromatic nitrogens is 2. The number of hydrogen-bond acceptors (Lipinski definition) is 4. The Balaban J connectivity index is 1.55. The molecule has 0 spiro atoms. The number of halogens is 2. The molecule has 4 aromatic rings. The maximum Gasteiger partial charge on any atom is 0.258 e. The van der Waals surface area contributed by atoms with Crippen molar-refractivity contribution in [3.05, 3.63) is 77.2 Å². The quantitative estimate of drug-likeness (QED) is 0.515. The molecule has 0 aliphatic carbocycles. The summed E-state index contributed by atoms with van der Waals surface area (Å²) >= 11 is 7.49. The number of fused-ring (bicyclic) bond motifs is 1. The topological polar surface area (TPSA) is 54.9 Å². The number of para-hydroxylation sites is 1. The first kappa shape index (κ1) is 16.6. The molecule has 0 saturated carbocycles. The van der Waals surface area contributed by atoms with Crippen LogP contribution < -0.4 is 5.32 Å². The van der Waals surface area contributed by atoms with E-state index in [0.29, 0.717) is 5.82 Å². The van der Waals surface area contributed by atoms with Gasteiger partial charge in [0.2, 0.25) is 0 Å². The molecule has 0 bridgehead atoms. The lowest BCUT2D eigenvalue weighted by Gasteiger charge is -2.06. The van der Waals surface area contributed by atoms with Gasteiger partial charge >= 0.3 is 0 Å². The summed E-state index contributed by atoms with van der Waals surface area (Å²) in [5, 5.41) is 3.56. The second kappa shape index (κ2) is 6.82. The summed E-state index contributed by atoms with van der Waals surface area (Å²) in [6.45, 7) is 0. The van der Waals surface area contributed by atoms with Crippen LogP contribution in [0.2, 0.25) is 5.02 Å². The summed E-state index contributed by atoms with van der Waals surface area (Å²) in [5.74, 6) is -0.569. The van der Waals surface area contributed by atoms with E-state index in [1.54, 1.807) is 23.6 Å². The number of anilines is 1. The van der Waals surface area contributed by atoms with Crippen LogP contribution in [0.3, 0.4) is 0 Å². The van der Waals surface area contributed by atoms with Crippen LogP contribution in [0, 0.1) is 5.82 Å². The SMILES string of the molecule is O=C(Nc1ccc(-c2nc3ccccc3s2)cn1)c1ccc(F)cc1Cl. The summed E-state index contributed by atoms with van der Waals surface area (Å²) in [5.41, 5.74) is 1.99. The Morgan fingerprint density at radius 1 is 1.12 bits per heavy atom. The largest absolute Gasteiger partial charge is 0.307 e. The van der Waals surface area contributed by atoms with Crippen molar-refractivity contribution < 1.29 is 9.18 Å². The van der Waals surface area contributed by atoms with E-state index in [-0.39, 0.29) is 10.6 Å². The minimum atomic E-state index is -0.495. The van der Waals surface area contributed by atoms with Crippen molar-refractivity contribution >= 4 is 44.9 Å². The Morgan fingerprint density at radius 2 is 1.96 bits per heavy atom. The van der Waals surface area contributed by atoms with Crippen LogP contribution in [0.5, 0.6) is 0 Å². The molecule has 0 unspecified atom stereocenters. The summed E-state index contributed by atoms with van der Waals surface area (Å²) < 4.78 is 14.2. The van der Waals surface area contributed by atoms with Gasteiger partial charge in [0.05, 0.1) is 20.8 Å². The minimum Gasteiger partial charge on any atom is -0.307 e. The fraction of sp³-hybridized carbons (Fsp3) is 0. The van der Waals surface area contributed by atoms with Crippen molar-refractivity contribution in [1.29, 1.82) is 0 Å². The lowest BCUT2D eigenvalue weighted by Crippen LogP contribution is -2.13. The zero-order valence-electron chi connectivity index (χ0n) is 13.2. The van der Waals surface area contributed by atoms with Crippen molar-refractivity contribution in [2.45, 2.75) is 0 Å². The third kappa shape index (κ3) is 3.29. The third-order valence-electron chi connectivity index (χ3n) is 3.72. The highest BCUT2D eigenvalue weighted by Gasteiger charge is 2.12. The molecule has 0 radical (unpaired) electrons. The van der Waals surface area contributed by atoms with Crippen LogP contribution >= 0.6 is 22.9 Å². The molecule has 26 heavy (non-hydrogen) atoms. The highest BCUT2D eigenvalue weighted by Crippen LogP contribution is 2.30. The number of nitrogens with zero attached hydrogens (tertiary/aromatic N) is 2. The molecule has 0 aliphatic rings. The van der Waals surface area contributed by atoms with E-state index in [0.717, 1.165) is 26.9 Å². The Bertz CT molecular complexity index is 1080. The minimum absolute atomic E-state index is 0.0496. The molecule has 0 aliphatic heterocycles. The molecule has 2 aromatic heterocycles. The molecule has 0 atom stereocenters. The van der Waals surface area contributed by atoms with Crippen molar-refractivity contribution in [2.24, 2.45) is 0 Å². The van der Waals surface area contributed by atoms with E-state index < -0.39 is 11.7 Å². The van der Waals surface area contributed by atoms with E-state index >= 15 is 0 Å². The number of amides is 1. The van der Waals surface area contributed by atoms with Crippen LogP contribution in [0.4, 0.5) is 10.2 Å². The standard InChI is InChI=1S/C19H11ClFN3OS/c20-14-9-12(21)6-7-13(14)18(25)24-17-8-5-11(10-22-17)19-23-15-3-1-2-4-16(15)26-19/h1-10H,(H,22,24,25). The van der Waals surface area contributed by atoms with Crippen LogP contribution in [-0.4, -0.2) is 15.9 Å². The maximum atomic E-state index is 13.1. The molecule has 1 amide bonds. The van der Waals surface area contributed by atoms with E-state index in [1.165, 1.54) is 12.1 Å². The monoisotopic (exact) mass is 383 g/mol. The molecule has 4 nitrogen and oxygen atoms in total. The fourth-order valence-corrected chi connectivity index (χ4v) is 3.66. The van der Waals surface area contributed by atoms with Gasteiger partial charge in [-0.05, 0) is 42.5 Å². The lowest BCUT2D eigenvalue weighted by atomic mass is 10.2. The van der Waals surface area contributed by atoms with Gasteiger partial charge in [-0.15, -0.1) is 11.3 Å². The molecular weight excluding hydrogens is 373 g/mol. The van der Waals surface area contributed by atoms with Crippen LogP contribution in [0.15, 0.2) is 60.8 Å². The second-order valence-corrected chi connectivity index (χ2v) is 6.93. The zero-order valence-corrected chi connectivity index (χ0v) is 14.8. The van der Waals surface area contributed by atoms with E-state index in [1.807, 2.05) is 30.3 Å². The van der Waals surface area contributed by atoms with Gasteiger partial charge in [-0.2, -0.15) is 0 Å². The predicted octanol–water partition coefficient (Wildman–Crippen LogP) is 5.40. The molecule has 4 rings (SSSR count). The molecule has 1 N–H and O–H groups in total. The molecule has 7 heteroatoms. The average Bonchev–Trinajstić information content (AvgIpc) is 3.06. The predicted molar refractivity (Wildman–Crippen MR) is 102 cm³/mol. The summed E-state index contributed by atoms with van der Waals surface area (Å²) in [7, 11) is 0. The number of pyridine rings is 1. The number of hydrogen-bond donors (Lipinski definition) is 1. The molecular formula is C19H11ClFN3OS. The normalized spacial score (nSPS) is 10.8. The number of nitrogens with one attached hydrogen (secondary N) is 1. The first-order valence-electron chi connectivity index (χ1n) is 7.68. The van der Waals surface area contributed by atoms with Gasteiger partial charge in [-0.1, -0.05) is 23.7 Å². The highest BCUT2D eigenvalue weighted by molar-refractivity contribution is 7.21. The summed E-state index contributed by atoms with van der Waals surface area (Å²) in [4.78, 5) is 21.1. The molecule has 2 heterocycles. The van der Waals surface area contributed by atoms with Crippen molar-refractivity contribution in [2.75, 3.05) is 5.32 Å². The van der Waals surface area contributed by atoms with Crippen molar-refractivity contribution in [1.82, 2.24) is 9.97 Å². The summed E-state index contributed by atoms with van der Waals surface area (Å²) in [6.07, 6.45) is 1.65. The van der Waals surface area contributed by atoms with Gasteiger partial charge in [0, 0.05) is 11.8 Å². The van der Waals surface area contributed by atoms with E-state index in [4.69, 9.17) is 11.6 Å². The maximum absolute atomic E-state index is 13.1. The first-order valence-corrected chi connectivity index (χ1v) is 8.88. The number of carbonyl (C=O) groups is 1. The highest BCUT2D eigenvalue weighted by atomic mass is 35.5. The van der Waals surface area contributed by atoms with E-state index in [2.05, 4.69) is 15.3 Å². The first-order chi connectivity index (χ1) is 12.6. The van der Waals surface area contributed by atoms with Gasteiger partial charge < -0.3 is 5.32 Å². The summed E-state index contributed by atoms with van der Waals surface area (Å²) in [6, 6.07) is 15.1. The van der Waals surface area contributed by atoms with Gasteiger partial charge in [0.1, 0.15) is 16.6 Å². The van der Waals surface area contributed by atoms with E-state index in [9.17, 15) is 9.18 Å². The Morgan fingerprint density at radius 3 is 2.69 bits per heavy atom. The van der Waals surface area contributed by atoms with Crippen molar-refractivity contribution in [3.63, 3.8) is 0 Å². The van der Waals surface area contributed by atoms with Crippen LogP contribution in [0.25, 0.3) is 20.8 Å². The number of rotatable bonds is 3. The van der Waals surface area contributed by atoms with Crippen LogP contribution in [-0.2, 0) is 0 Å². The molecule has 0 fully saturated rings. The van der Waals surface area contributed by atoms with Gasteiger partial charge in [0.25, 0.3) is 5.91 Å². The Hall–Kier alpha value is -2.83. The smallest absolute Gasteiger partial charge is 0.258 e. The number of benzene rings is 2. The Kier molecular flexibility index (Phi) is 4.36. The van der Waals surface area contributed by atoms with Gasteiger partial charge in [-0.3, -0.25) is 4.79 Å². The third-order valence-corrected chi connectivity index (χ3v) is 5.12. The van der Waals surface area contributed by atoms with Gasteiger partial charge in [-0.25, -0.2) is 14.4 Å². The van der Waals surface area contributed by atoms with Gasteiger partial charge in [0.15, 0.2) is 0 Å². The molecule has 2 aromatic carbocycles. The fourth-order valence-electron chi connectivity index (χ4n) is 2.45. The zero-order chi connectivity index (χ0) is 18.1. The molecule has 0 saturated heterocycles. The molecule has 128 valence electrons. The average molecular weight is 384 g/mol. The number of thiazole rings is 1. The van der Waals surface area contributed by atoms with Crippen LogP contribution in [0.1, 0.15) is 10.4 Å².